The van der Waals surface area contributed by atoms with Gasteiger partial charge in [-0.1, -0.05) is 104 Å². The van der Waals surface area contributed by atoms with Crippen LogP contribution in [0, 0.1) is 23.7 Å². The van der Waals surface area contributed by atoms with E-state index in [4.69, 9.17) is 0 Å². The van der Waals surface area contributed by atoms with Crippen molar-refractivity contribution in [2.24, 2.45) is 23.7 Å². The largest absolute Gasteiger partial charge is 0.310 e. The van der Waals surface area contributed by atoms with E-state index in [2.05, 4.69) is 132 Å². The van der Waals surface area contributed by atoms with Crippen LogP contribution in [-0.4, -0.2) is 0 Å². The molecule has 6 aromatic rings. The van der Waals surface area contributed by atoms with Gasteiger partial charge in [-0.2, -0.15) is 0 Å². The van der Waals surface area contributed by atoms with Crippen molar-refractivity contribution in [3.05, 3.63) is 150 Å². The van der Waals surface area contributed by atoms with Crippen molar-refractivity contribution in [2.45, 2.75) is 68.6 Å². The van der Waals surface area contributed by atoms with Crippen molar-refractivity contribution < 1.29 is 0 Å². The van der Waals surface area contributed by atoms with Gasteiger partial charge in [0.05, 0.1) is 0 Å². The van der Waals surface area contributed by atoms with Gasteiger partial charge in [0, 0.05) is 27.9 Å². The first kappa shape index (κ1) is 28.1. The highest BCUT2D eigenvalue weighted by atomic mass is 15.1. The Bertz CT molecular complexity index is 2340. The predicted molar refractivity (Wildman–Crippen MR) is 207 cm³/mol. The quantitative estimate of drug-likeness (QED) is 0.185. The Labute approximate surface area is 296 Å². The lowest BCUT2D eigenvalue weighted by Gasteiger charge is -2.61. The molecule has 0 amide bonds. The molecule has 7 aliphatic rings. The highest BCUT2D eigenvalue weighted by Gasteiger charge is 2.61. The Morgan fingerprint density at radius 1 is 0.420 bits per heavy atom. The molecule has 1 nitrogen and oxygen atoms in total. The van der Waals surface area contributed by atoms with E-state index in [1.54, 1.807) is 22.3 Å². The molecule has 0 aliphatic heterocycles. The first-order valence-corrected chi connectivity index (χ1v) is 19.5. The van der Waals surface area contributed by atoms with Gasteiger partial charge in [-0.25, -0.2) is 0 Å². The monoisotopic (exact) mass is 645 g/mol. The topological polar surface area (TPSA) is 3.24 Å². The van der Waals surface area contributed by atoms with Crippen LogP contribution in [0.2, 0.25) is 0 Å². The lowest BCUT2D eigenvalue weighted by molar-refractivity contribution is -0.0399. The van der Waals surface area contributed by atoms with Gasteiger partial charge in [0.15, 0.2) is 0 Å². The number of hydrogen-bond acceptors (Lipinski definition) is 1. The molecule has 5 fully saturated rings. The molecule has 2 spiro atoms. The Morgan fingerprint density at radius 3 is 1.76 bits per heavy atom. The zero-order valence-electron chi connectivity index (χ0n) is 28.7. The maximum absolute atomic E-state index is 2.59. The molecule has 0 saturated heterocycles. The van der Waals surface area contributed by atoms with Gasteiger partial charge in [-0.05, 0) is 160 Å². The molecule has 4 bridgehead atoms. The summed E-state index contributed by atoms with van der Waals surface area (Å²) in [5.74, 6) is 3.47. The lowest BCUT2D eigenvalue weighted by Crippen LogP contribution is -2.55. The van der Waals surface area contributed by atoms with Crippen LogP contribution in [0.4, 0.5) is 17.1 Å². The Balaban J connectivity index is 1.07. The van der Waals surface area contributed by atoms with Crippen LogP contribution in [-0.2, 0) is 10.8 Å². The number of rotatable bonds is 3. The number of nitrogens with zero attached hydrogens (tertiary/aromatic N) is 1. The number of benzene rings is 6. The van der Waals surface area contributed by atoms with Crippen LogP contribution in [0.25, 0.3) is 33.0 Å². The molecule has 0 radical (unpaired) electrons. The first-order valence-electron chi connectivity index (χ1n) is 19.5. The maximum atomic E-state index is 2.59. The molecule has 5 saturated carbocycles. The van der Waals surface area contributed by atoms with Gasteiger partial charge >= 0.3 is 0 Å². The second-order valence-electron chi connectivity index (χ2n) is 16.9. The fourth-order valence-corrected chi connectivity index (χ4v) is 13.1. The summed E-state index contributed by atoms with van der Waals surface area (Å²) in [7, 11) is 0. The molecule has 7 aliphatic carbocycles. The van der Waals surface area contributed by atoms with Gasteiger partial charge in [-0.3, -0.25) is 0 Å². The molecule has 6 aromatic carbocycles. The van der Waals surface area contributed by atoms with Gasteiger partial charge < -0.3 is 4.90 Å². The summed E-state index contributed by atoms with van der Waals surface area (Å²) >= 11 is 0. The summed E-state index contributed by atoms with van der Waals surface area (Å²) in [5.41, 5.74) is 16.3. The summed E-state index contributed by atoms with van der Waals surface area (Å²) in [5, 5.41) is 2.58. The zero-order chi connectivity index (χ0) is 32.6. The van der Waals surface area contributed by atoms with Gasteiger partial charge in [0.2, 0.25) is 0 Å². The number of anilines is 3. The highest BCUT2D eigenvalue weighted by molar-refractivity contribution is 5.93. The molecule has 0 atom stereocenters. The Hall–Kier alpha value is -4.62. The Morgan fingerprint density at radius 2 is 0.980 bits per heavy atom. The van der Waals surface area contributed by atoms with Crippen LogP contribution in [0.15, 0.2) is 127 Å². The average molecular weight is 646 g/mol. The molecule has 1 heteroatoms. The molecule has 0 heterocycles. The molecule has 0 N–H and O–H groups in total. The molecular weight excluding hydrogens is 603 g/mol. The Kier molecular flexibility index (Phi) is 5.62. The third-order valence-electron chi connectivity index (χ3n) is 14.8. The van der Waals surface area contributed by atoms with Crippen molar-refractivity contribution in [3.8, 4) is 22.3 Å². The second-order valence-corrected chi connectivity index (χ2v) is 16.9. The molecule has 0 aromatic heterocycles. The fraction of sp³-hybridized carbons (Fsp3) is 0.306. The third-order valence-corrected chi connectivity index (χ3v) is 14.8. The maximum Gasteiger partial charge on any atom is 0.0468 e. The smallest absolute Gasteiger partial charge is 0.0468 e. The number of hydrogen-bond donors (Lipinski definition) is 0. The summed E-state index contributed by atoms with van der Waals surface area (Å²) in [6, 6.07) is 49.8. The van der Waals surface area contributed by atoms with E-state index in [1.165, 1.54) is 108 Å². The van der Waals surface area contributed by atoms with E-state index in [9.17, 15) is 0 Å². The van der Waals surface area contributed by atoms with Crippen molar-refractivity contribution in [2.75, 3.05) is 4.90 Å². The normalized spacial score (nSPS) is 27.1. The van der Waals surface area contributed by atoms with Crippen molar-refractivity contribution >= 4 is 27.8 Å². The lowest BCUT2D eigenvalue weighted by atomic mass is 9.43. The molecule has 13 rings (SSSR count). The first-order chi connectivity index (χ1) is 24.7. The third kappa shape index (κ3) is 3.54. The minimum atomic E-state index is 0.139. The van der Waals surface area contributed by atoms with Gasteiger partial charge in [0.1, 0.15) is 0 Å². The van der Waals surface area contributed by atoms with E-state index in [0.29, 0.717) is 0 Å². The van der Waals surface area contributed by atoms with Gasteiger partial charge in [-0.15, -0.1) is 0 Å². The van der Waals surface area contributed by atoms with Crippen molar-refractivity contribution in [1.82, 2.24) is 0 Å². The SMILES string of the molecule is c1ccc2c(c1)-c1ccc(N(c3ccc4c(c3)-c3ccccc3C43C4CC5CC(C4)CC3C5)c3ccc4ccccc4c3)cc1C21CCCC1. The van der Waals surface area contributed by atoms with E-state index < -0.39 is 0 Å². The molecule has 244 valence electrons. The molecule has 0 unspecified atom stereocenters. The fourth-order valence-electron chi connectivity index (χ4n) is 13.1. The van der Waals surface area contributed by atoms with Crippen molar-refractivity contribution in [1.29, 1.82) is 0 Å². The summed E-state index contributed by atoms with van der Waals surface area (Å²) in [6.07, 6.45) is 12.3. The van der Waals surface area contributed by atoms with E-state index in [0.717, 1.165) is 23.7 Å². The molecular formula is C49H43N. The van der Waals surface area contributed by atoms with Crippen LogP contribution in [0.5, 0.6) is 0 Å². The van der Waals surface area contributed by atoms with Crippen LogP contribution in [0.1, 0.15) is 80.0 Å². The van der Waals surface area contributed by atoms with Crippen molar-refractivity contribution in [3.63, 3.8) is 0 Å². The zero-order valence-corrected chi connectivity index (χ0v) is 28.7. The highest BCUT2D eigenvalue weighted by Crippen LogP contribution is 2.69. The standard InChI is InChI=1S/C49H43N/c1-2-10-34-28-37(16-15-33(34)9-1)50(39-17-19-42-40-11-3-5-13-44(40)48(47(42)30-39)21-7-8-22-48)38-18-20-46-43(29-38)41-12-4-6-14-45(41)49(46)35-24-31-23-32(26-35)27-36(49)25-31/h1-6,9-20,28-32,35-36H,7-8,21-27H2. The second kappa shape index (κ2) is 10.0. The van der Waals surface area contributed by atoms with E-state index >= 15 is 0 Å². The molecule has 50 heavy (non-hydrogen) atoms. The van der Waals surface area contributed by atoms with Gasteiger partial charge in [0.25, 0.3) is 0 Å². The average Bonchev–Trinajstić information content (AvgIpc) is 3.84. The minimum absolute atomic E-state index is 0.139. The number of fused-ring (bicyclic) bond motifs is 9. The van der Waals surface area contributed by atoms with E-state index in [1.807, 2.05) is 0 Å². The predicted octanol–water partition coefficient (Wildman–Crippen LogP) is 12.9. The van der Waals surface area contributed by atoms with Crippen LogP contribution < -0.4 is 4.90 Å². The van der Waals surface area contributed by atoms with E-state index in [-0.39, 0.29) is 10.8 Å². The summed E-state index contributed by atoms with van der Waals surface area (Å²) in [4.78, 5) is 2.57. The van der Waals surface area contributed by atoms with Crippen LogP contribution >= 0.6 is 0 Å². The minimum Gasteiger partial charge on any atom is -0.310 e. The summed E-state index contributed by atoms with van der Waals surface area (Å²) < 4.78 is 0. The summed E-state index contributed by atoms with van der Waals surface area (Å²) in [6.45, 7) is 0. The van der Waals surface area contributed by atoms with Crippen LogP contribution in [0.3, 0.4) is 0 Å².